The number of fused-ring (bicyclic) bond motifs is 2. The molecule has 2 heteroatoms. The van der Waals surface area contributed by atoms with E-state index in [9.17, 15) is 4.79 Å². The highest BCUT2D eigenvalue weighted by molar-refractivity contribution is 6.12. The van der Waals surface area contributed by atoms with E-state index in [0.717, 1.165) is 33.0 Å². The third-order valence-electron chi connectivity index (χ3n) is 4.41. The molecule has 3 aromatic rings. The van der Waals surface area contributed by atoms with Crippen molar-refractivity contribution in [1.29, 1.82) is 0 Å². The van der Waals surface area contributed by atoms with Crippen LogP contribution in [0.1, 0.15) is 27.0 Å². The monoisotopic (exact) mass is 302 g/mol. The van der Waals surface area contributed by atoms with Crippen molar-refractivity contribution < 1.29 is 9.53 Å². The fraction of sp³-hybridized carbons (Fsp3) is 0.190. The lowest BCUT2D eigenvalue weighted by atomic mass is 9.86. The van der Waals surface area contributed by atoms with E-state index in [1.165, 1.54) is 11.1 Å². The predicted molar refractivity (Wildman–Crippen MR) is 92.8 cm³/mol. The first-order valence-electron chi connectivity index (χ1n) is 7.88. The van der Waals surface area contributed by atoms with Gasteiger partial charge >= 0.3 is 0 Å². The molecule has 0 spiro atoms. The van der Waals surface area contributed by atoms with Crippen molar-refractivity contribution in [2.45, 2.75) is 20.5 Å². The third kappa shape index (κ3) is 2.36. The van der Waals surface area contributed by atoms with Gasteiger partial charge in [-0.05, 0) is 41.8 Å². The van der Waals surface area contributed by atoms with E-state index in [1.54, 1.807) is 0 Å². The minimum absolute atomic E-state index is 0.0752. The fourth-order valence-corrected chi connectivity index (χ4v) is 3.58. The average Bonchev–Trinajstić information content (AvgIpc) is 2.52. The van der Waals surface area contributed by atoms with Crippen LogP contribution in [0.15, 0.2) is 48.5 Å². The SMILES string of the molecule is Cc1cc(C)cc(-c2c3c(cc4ccccc24)COCC3=O)c1. The smallest absolute Gasteiger partial charge is 0.189 e. The highest BCUT2D eigenvalue weighted by Crippen LogP contribution is 2.37. The molecule has 1 aliphatic rings. The molecule has 0 saturated heterocycles. The minimum atomic E-state index is 0.0752. The molecule has 0 aliphatic carbocycles. The maximum absolute atomic E-state index is 12.6. The molecule has 0 aromatic heterocycles. The number of hydrogen-bond donors (Lipinski definition) is 0. The molecule has 1 aliphatic heterocycles. The van der Waals surface area contributed by atoms with Crippen LogP contribution in [-0.4, -0.2) is 12.4 Å². The van der Waals surface area contributed by atoms with Gasteiger partial charge in [-0.25, -0.2) is 0 Å². The molecule has 0 fully saturated rings. The molecule has 3 aromatic carbocycles. The summed E-state index contributed by atoms with van der Waals surface area (Å²) in [7, 11) is 0. The van der Waals surface area contributed by atoms with Gasteiger partial charge in [0.15, 0.2) is 5.78 Å². The third-order valence-corrected chi connectivity index (χ3v) is 4.41. The Hall–Kier alpha value is -2.45. The molecule has 0 unspecified atom stereocenters. The lowest BCUT2D eigenvalue weighted by Gasteiger charge is -2.21. The predicted octanol–water partition coefficient (Wildman–Crippen LogP) is 4.84. The number of ketones is 1. The Kier molecular flexibility index (Phi) is 3.28. The Morgan fingerprint density at radius 2 is 1.61 bits per heavy atom. The first-order chi connectivity index (χ1) is 11.1. The normalized spacial score (nSPS) is 14.1. The van der Waals surface area contributed by atoms with E-state index >= 15 is 0 Å². The van der Waals surface area contributed by atoms with Crippen LogP contribution in [0.2, 0.25) is 0 Å². The number of ether oxygens (including phenoxy) is 1. The summed E-state index contributed by atoms with van der Waals surface area (Å²) in [5, 5.41) is 2.28. The number of aryl methyl sites for hydroxylation is 2. The number of Topliss-reactive ketones (excluding diaryl/α,β-unsaturated/α-hetero) is 1. The molecule has 1 heterocycles. The van der Waals surface area contributed by atoms with Crippen LogP contribution in [0, 0.1) is 13.8 Å². The lowest BCUT2D eigenvalue weighted by molar-refractivity contribution is 0.0667. The molecule has 0 radical (unpaired) electrons. The summed E-state index contributed by atoms with van der Waals surface area (Å²) in [6, 6.07) is 16.8. The zero-order valence-electron chi connectivity index (χ0n) is 13.3. The highest BCUT2D eigenvalue weighted by atomic mass is 16.5. The number of benzene rings is 3. The Labute approximate surface area is 135 Å². The summed E-state index contributed by atoms with van der Waals surface area (Å²) in [6.45, 7) is 4.87. The molecule has 0 amide bonds. The lowest BCUT2D eigenvalue weighted by Crippen LogP contribution is -2.19. The second kappa shape index (κ2) is 5.32. The summed E-state index contributed by atoms with van der Waals surface area (Å²) >= 11 is 0. The number of carbonyl (C=O) groups is 1. The van der Waals surface area contributed by atoms with Crippen LogP contribution in [0.25, 0.3) is 21.9 Å². The number of carbonyl (C=O) groups excluding carboxylic acids is 1. The van der Waals surface area contributed by atoms with Gasteiger partial charge in [-0.3, -0.25) is 4.79 Å². The molecule has 0 atom stereocenters. The van der Waals surface area contributed by atoms with E-state index < -0.39 is 0 Å². The van der Waals surface area contributed by atoms with Crippen LogP contribution < -0.4 is 0 Å². The Morgan fingerprint density at radius 1 is 0.870 bits per heavy atom. The van der Waals surface area contributed by atoms with E-state index in [-0.39, 0.29) is 12.4 Å². The second-order valence-electron chi connectivity index (χ2n) is 6.30. The average molecular weight is 302 g/mol. The molecule has 114 valence electrons. The number of hydrogen-bond acceptors (Lipinski definition) is 2. The van der Waals surface area contributed by atoms with Gasteiger partial charge in [-0.2, -0.15) is 0 Å². The summed E-state index contributed by atoms with van der Waals surface area (Å²) in [4.78, 5) is 12.6. The standard InChI is InChI=1S/C21H18O2/c1-13-7-14(2)9-16(8-13)20-18-6-4-3-5-15(18)10-17-11-23-12-19(22)21(17)20/h3-10H,11-12H2,1-2H3. The Balaban J connectivity index is 2.15. The van der Waals surface area contributed by atoms with Gasteiger partial charge in [-0.1, -0.05) is 53.6 Å². The van der Waals surface area contributed by atoms with E-state index in [1.807, 2.05) is 12.1 Å². The summed E-state index contributed by atoms with van der Waals surface area (Å²) in [5.41, 5.74) is 6.42. The molecule has 0 bridgehead atoms. The van der Waals surface area contributed by atoms with Crippen molar-refractivity contribution in [3.63, 3.8) is 0 Å². The molecular weight excluding hydrogens is 284 g/mol. The Bertz CT molecular complexity index is 918. The van der Waals surface area contributed by atoms with Gasteiger partial charge < -0.3 is 4.74 Å². The van der Waals surface area contributed by atoms with Crippen molar-refractivity contribution in [3.05, 3.63) is 70.8 Å². The fourth-order valence-electron chi connectivity index (χ4n) is 3.58. The van der Waals surface area contributed by atoms with Gasteiger partial charge in [0.05, 0.1) is 6.61 Å². The van der Waals surface area contributed by atoms with Crippen molar-refractivity contribution in [2.75, 3.05) is 6.61 Å². The summed E-state index contributed by atoms with van der Waals surface area (Å²) in [5.74, 6) is 0.0752. The first kappa shape index (κ1) is 14.2. The minimum Gasteiger partial charge on any atom is -0.369 e. The van der Waals surface area contributed by atoms with E-state index in [0.29, 0.717) is 6.61 Å². The van der Waals surface area contributed by atoms with Gasteiger partial charge in [-0.15, -0.1) is 0 Å². The topological polar surface area (TPSA) is 26.3 Å². The molecule has 0 N–H and O–H groups in total. The Morgan fingerprint density at radius 3 is 2.39 bits per heavy atom. The zero-order chi connectivity index (χ0) is 16.0. The molecule has 2 nitrogen and oxygen atoms in total. The number of rotatable bonds is 1. The summed E-state index contributed by atoms with van der Waals surface area (Å²) < 4.78 is 5.45. The molecule has 23 heavy (non-hydrogen) atoms. The van der Waals surface area contributed by atoms with Crippen molar-refractivity contribution in [2.24, 2.45) is 0 Å². The maximum Gasteiger partial charge on any atom is 0.189 e. The zero-order valence-corrected chi connectivity index (χ0v) is 13.3. The van der Waals surface area contributed by atoms with Crippen LogP contribution in [0.5, 0.6) is 0 Å². The van der Waals surface area contributed by atoms with Gasteiger partial charge in [0, 0.05) is 11.1 Å². The van der Waals surface area contributed by atoms with Crippen molar-refractivity contribution in [1.82, 2.24) is 0 Å². The van der Waals surface area contributed by atoms with E-state index in [2.05, 4.69) is 50.2 Å². The van der Waals surface area contributed by atoms with Crippen LogP contribution in [0.3, 0.4) is 0 Å². The molecule has 4 rings (SSSR count). The largest absolute Gasteiger partial charge is 0.369 e. The highest BCUT2D eigenvalue weighted by Gasteiger charge is 2.24. The van der Waals surface area contributed by atoms with Crippen LogP contribution >= 0.6 is 0 Å². The van der Waals surface area contributed by atoms with Crippen molar-refractivity contribution >= 4 is 16.6 Å². The van der Waals surface area contributed by atoms with E-state index in [4.69, 9.17) is 4.74 Å². The van der Waals surface area contributed by atoms with Crippen molar-refractivity contribution in [3.8, 4) is 11.1 Å². The second-order valence-corrected chi connectivity index (χ2v) is 6.30. The quantitative estimate of drug-likeness (QED) is 0.643. The molecular formula is C21H18O2. The summed E-state index contributed by atoms with van der Waals surface area (Å²) in [6.07, 6.45) is 0. The van der Waals surface area contributed by atoms with Gasteiger partial charge in [0.2, 0.25) is 0 Å². The molecule has 0 saturated carbocycles. The van der Waals surface area contributed by atoms with Gasteiger partial charge in [0.25, 0.3) is 0 Å². The van der Waals surface area contributed by atoms with Gasteiger partial charge in [0.1, 0.15) is 6.61 Å². The van der Waals surface area contributed by atoms with Crippen LogP contribution in [0.4, 0.5) is 0 Å². The first-order valence-corrected chi connectivity index (χ1v) is 7.88. The van der Waals surface area contributed by atoms with Crippen LogP contribution in [-0.2, 0) is 11.3 Å². The maximum atomic E-state index is 12.6.